The van der Waals surface area contributed by atoms with Gasteiger partial charge in [-0.3, -0.25) is 9.56 Å². The lowest BCUT2D eigenvalue weighted by molar-refractivity contribution is 0.235. The van der Waals surface area contributed by atoms with Crippen LogP contribution in [0.25, 0.3) is 5.69 Å². The number of rotatable bonds is 5. The number of nitrogens with one attached hydrogen (secondary N) is 2. The van der Waals surface area contributed by atoms with Crippen molar-refractivity contribution in [2.24, 2.45) is 4.99 Å². The highest BCUT2D eigenvalue weighted by Crippen LogP contribution is 2.27. The van der Waals surface area contributed by atoms with Crippen LogP contribution in [0, 0.1) is 0 Å². The number of aliphatic imine (C=N–C) groups is 1. The second kappa shape index (κ2) is 9.54. The van der Waals surface area contributed by atoms with Crippen molar-refractivity contribution in [3.63, 3.8) is 0 Å². The van der Waals surface area contributed by atoms with E-state index < -0.39 is 0 Å². The van der Waals surface area contributed by atoms with Gasteiger partial charge in [0.05, 0.1) is 13.1 Å². The Bertz CT molecular complexity index is 902. The number of benzene rings is 2. The summed E-state index contributed by atoms with van der Waals surface area (Å²) in [6.45, 7) is 1.19. The molecule has 0 saturated carbocycles. The fraction of sp³-hybridized carbons (Fsp3) is 0.250. The Kier molecular flexibility index (Phi) is 6.85. The Morgan fingerprint density at radius 2 is 1.93 bits per heavy atom. The summed E-state index contributed by atoms with van der Waals surface area (Å²) in [5.74, 6) is 2.49. The highest BCUT2D eigenvalue weighted by molar-refractivity contribution is 14.0. The standard InChI is InChI=1S/C20H22N6O.HI/c1-21-20(22-12-17-11-15-7-5-6-10-18(15)27-17)23-13-19-25-24-14-26(19)16-8-3-2-4-9-16;/h2-10,14,17H,11-13H2,1H3,(H2,21,22,23);1H. The molecule has 0 saturated heterocycles. The normalized spacial score (nSPS) is 15.3. The first-order chi connectivity index (χ1) is 13.3. The molecule has 146 valence electrons. The molecule has 2 aromatic carbocycles. The van der Waals surface area contributed by atoms with Gasteiger partial charge in [-0.25, -0.2) is 0 Å². The molecule has 0 amide bonds. The molecule has 2 N–H and O–H groups in total. The first-order valence-corrected chi connectivity index (χ1v) is 8.97. The monoisotopic (exact) mass is 490 g/mol. The smallest absolute Gasteiger partial charge is 0.191 e. The van der Waals surface area contributed by atoms with E-state index >= 15 is 0 Å². The van der Waals surface area contributed by atoms with Gasteiger partial charge < -0.3 is 15.4 Å². The van der Waals surface area contributed by atoms with Crippen LogP contribution in [0.15, 0.2) is 65.9 Å². The Morgan fingerprint density at radius 3 is 2.71 bits per heavy atom. The van der Waals surface area contributed by atoms with Crippen molar-refractivity contribution < 1.29 is 4.74 Å². The Hall–Kier alpha value is -2.62. The summed E-state index contributed by atoms with van der Waals surface area (Å²) in [6.07, 6.45) is 2.73. The van der Waals surface area contributed by atoms with Crippen LogP contribution in [0.5, 0.6) is 5.75 Å². The minimum absolute atomic E-state index is 0. The molecular weight excluding hydrogens is 467 g/mol. The van der Waals surface area contributed by atoms with Crippen LogP contribution >= 0.6 is 24.0 Å². The maximum Gasteiger partial charge on any atom is 0.191 e. The van der Waals surface area contributed by atoms with Gasteiger partial charge in [-0.2, -0.15) is 0 Å². The molecule has 1 atom stereocenters. The van der Waals surface area contributed by atoms with Crippen LogP contribution in [0.3, 0.4) is 0 Å². The Labute approximate surface area is 181 Å². The third-order valence-corrected chi connectivity index (χ3v) is 4.50. The van der Waals surface area contributed by atoms with Gasteiger partial charge in [0.2, 0.25) is 0 Å². The van der Waals surface area contributed by atoms with Gasteiger partial charge >= 0.3 is 0 Å². The van der Waals surface area contributed by atoms with Crippen LogP contribution in [0.1, 0.15) is 11.4 Å². The van der Waals surface area contributed by atoms with Crippen LogP contribution < -0.4 is 15.4 Å². The van der Waals surface area contributed by atoms with E-state index in [9.17, 15) is 0 Å². The number of para-hydroxylation sites is 2. The molecule has 7 nitrogen and oxygen atoms in total. The molecule has 1 aliphatic rings. The summed E-state index contributed by atoms with van der Waals surface area (Å²) in [5, 5.41) is 14.8. The van der Waals surface area contributed by atoms with E-state index in [1.165, 1.54) is 5.56 Å². The average molecular weight is 490 g/mol. The third kappa shape index (κ3) is 4.61. The first-order valence-electron chi connectivity index (χ1n) is 8.97. The lowest BCUT2D eigenvalue weighted by atomic mass is 10.1. The molecule has 0 bridgehead atoms. The number of halogens is 1. The predicted molar refractivity (Wildman–Crippen MR) is 120 cm³/mol. The second-order valence-corrected chi connectivity index (χ2v) is 6.31. The molecule has 0 fully saturated rings. The zero-order chi connectivity index (χ0) is 18.5. The van der Waals surface area contributed by atoms with Crippen LogP contribution in [-0.2, 0) is 13.0 Å². The maximum atomic E-state index is 5.96. The SMILES string of the molecule is CN=C(NCc1nncn1-c1ccccc1)NCC1Cc2ccccc2O1.I. The minimum Gasteiger partial charge on any atom is -0.488 e. The molecular formula is C20H23IN6O. The molecule has 2 heterocycles. The molecule has 1 aliphatic heterocycles. The molecule has 1 aromatic heterocycles. The van der Waals surface area contributed by atoms with Crippen molar-refractivity contribution in [1.82, 2.24) is 25.4 Å². The van der Waals surface area contributed by atoms with Crippen LogP contribution in [-0.4, -0.2) is 40.4 Å². The summed E-state index contributed by atoms with van der Waals surface area (Å²) in [6, 6.07) is 18.2. The molecule has 28 heavy (non-hydrogen) atoms. The van der Waals surface area contributed by atoms with E-state index in [4.69, 9.17) is 4.74 Å². The van der Waals surface area contributed by atoms with Gasteiger partial charge in [0.25, 0.3) is 0 Å². The number of fused-ring (bicyclic) bond motifs is 1. The van der Waals surface area contributed by atoms with Crippen molar-refractivity contribution in [2.75, 3.05) is 13.6 Å². The molecule has 1 unspecified atom stereocenters. The zero-order valence-corrected chi connectivity index (χ0v) is 17.9. The van der Waals surface area contributed by atoms with Crippen LogP contribution in [0.2, 0.25) is 0 Å². The number of guanidine groups is 1. The van der Waals surface area contributed by atoms with Gasteiger partial charge in [0.1, 0.15) is 18.2 Å². The zero-order valence-electron chi connectivity index (χ0n) is 15.6. The van der Waals surface area contributed by atoms with Gasteiger partial charge in [-0.05, 0) is 23.8 Å². The van der Waals surface area contributed by atoms with E-state index in [2.05, 4.69) is 31.9 Å². The van der Waals surface area contributed by atoms with E-state index in [-0.39, 0.29) is 30.1 Å². The lowest BCUT2D eigenvalue weighted by Crippen LogP contribution is -2.42. The van der Waals surface area contributed by atoms with E-state index in [1.54, 1.807) is 13.4 Å². The topological polar surface area (TPSA) is 76.4 Å². The average Bonchev–Trinajstić information content (AvgIpc) is 3.35. The van der Waals surface area contributed by atoms with Gasteiger partial charge in [-0.15, -0.1) is 34.2 Å². The highest BCUT2D eigenvalue weighted by atomic mass is 127. The van der Waals surface area contributed by atoms with E-state index in [1.807, 2.05) is 53.1 Å². The fourth-order valence-corrected chi connectivity index (χ4v) is 3.15. The van der Waals surface area contributed by atoms with Crippen molar-refractivity contribution in [2.45, 2.75) is 19.1 Å². The predicted octanol–water partition coefficient (Wildman–Crippen LogP) is 2.55. The maximum absolute atomic E-state index is 5.96. The van der Waals surface area contributed by atoms with Gasteiger partial charge in [0.15, 0.2) is 11.8 Å². The number of ether oxygens (including phenoxy) is 1. The van der Waals surface area contributed by atoms with Crippen molar-refractivity contribution in [3.05, 3.63) is 72.3 Å². The Morgan fingerprint density at radius 1 is 1.14 bits per heavy atom. The number of nitrogens with zero attached hydrogens (tertiary/aromatic N) is 4. The fourth-order valence-electron chi connectivity index (χ4n) is 3.15. The summed E-state index contributed by atoms with van der Waals surface area (Å²) >= 11 is 0. The highest BCUT2D eigenvalue weighted by Gasteiger charge is 2.22. The summed E-state index contributed by atoms with van der Waals surface area (Å²) in [7, 11) is 1.75. The Balaban J connectivity index is 0.00000225. The van der Waals surface area contributed by atoms with Crippen molar-refractivity contribution in [3.8, 4) is 11.4 Å². The van der Waals surface area contributed by atoms with Gasteiger partial charge in [-0.1, -0.05) is 36.4 Å². The van der Waals surface area contributed by atoms with Crippen molar-refractivity contribution >= 4 is 29.9 Å². The number of hydrogen-bond acceptors (Lipinski definition) is 4. The van der Waals surface area contributed by atoms with E-state index in [0.717, 1.165) is 23.7 Å². The van der Waals surface area contributed by atoms with Crippen LogP contribution in [0.4, 0.5) is 0 Å². The summed E-state index contributed by atoms with van der Waals surface area (Å²) in [4.78, 5) is 4.28. The number of hydrogen-bond donors (Lipinski definition) is 2. The summed E-state index contributed by atoms with van der Waals surface area (Å²) in [5.41, 5.74) is 2.28. The minimum atomic E-state index is 0. The van der Waals surface area contributed by atoms with Gasteiger partial charge in [0, 0.05) is 19.2 Å². The molecule has 0 spiro atoms. The first kappa shape index (κ1) is 20.1. The summed E-state index contributed by atoms with van der Waals surface area (Å²) < 4.78 is 7.91. The molecule has 8 heteroatoms. The lowest BCUT2D eigenvalue weighted by Gasteiger charge is -2.15. The molecule has 0 aliphatic carbocycles. The third-order valence-electron chi connectivity index (χ3n) is 4.50. The quantitative estimate of drug-likeness (QED) is 0.327. The molecule has 0 radical (unpaired) electrons. The molecule has 3 aromatic rings. The second-order valence-electron chi connectivity index (χ2n) is 6.31. The molecule has 4 rings (SSSR count). The van der Waals surface area contributed by atoms with Crippen molar-refractivity contribution in [1.29, 1.82) is 0 Å². The number of aromatic nitrogens is 3. The van der Waals surface area contributed by atoms with E-state index in [0.29, 0.717) is 19.0 Å². The largest absolute Gasteiger partial charge is 0.488 e.